The summed E-state index contributed by atoms with van der Waals surface area (Å²) < 4.78 is 41.4. The summed E-state index contributed by atoms with van der Waals surface area (Å²) in [6, 6.07) is 7.80. The Morgan fingerprint density at radius 1 is 1.22 bits per heavy atom. The van der Waals surface area contributed by atoms with Crippen LogP contribution in [0.1, 0.15) is 23.0 Å². The molecule has 0 aliphatic rings. The standard InChI is InChI=1S/C15H13F3N2O3/c1-2-10-11(13(21)22)12(9-6-4-3-5-7-9)20-14(19-10)23-8-15(16,17)18/h3-7H,2,8H2,1H3,(H,21,22). The number of carboxylic acid groups (broad SMARTS) is 1. The molecule has 8 heteroatoms. The molecule has 5 nitrogen and oxygen atoms in total. The molecule has 0 atom stereocenters. The van der Waals surface area contributed by atoms with Gasteiger partial charge in [0.25, 0.3) is 0 Å². The van der Waals surface area contributed by atoms with E-state index in [-0.39, 0.29) is 23.4 Å². The first-order valence-electron chi connectivity index (χ1n) is 6.71. The van der Waals surface area contributed by atoms with Crippen LogP contribution in [0, 0.1) is 0 Å². The van der Waals surface area contributed by atoms with E-state index in [4.69, 9.17) is 0 Å². The van der Waals surface area contributed by atoms with Crippen LogP contribution in [-0.2, 0) is 6.42 Å². The summed E-state index contributed by atoms with van der Waals surface area (Å²) in [5.74, 6) is -1.25. The zero-order valence-electron chi connectivity index (χ0n) is 12.1. The summed E-state index contributed by atoms with van der Waals surface area (Å²) >= 11 is 0. The van der Waals surface area contributed by atoms with Crippen molar-refractivity contribution in [2.24, 2.45) is 0 Å². The Bertz CT molecular complexity index is 703. The van der Waals surface area contributed by atoms with Crippen molar-refractivity contribution in [1.29, 1.82) is 0 Å². The Kier molecular flexibility index (Phi) is 4.83. The van der Waals surface area contributed by atoms with Crippen LogP contribution >= 0.6 is 0 Å². The Hall–Kier alpha value is -2.64. The van der Waals surface area contributed by atoms with E-state index in [1.165, 1.54) is 0 Å². The number of nitrogens with zero attached hydrogens (tertiary/aromatic N) is 2. The number of hydrogen-bond acceptors (Lipinski definition) is 4. The van der Waals surface area contributed by atoms with Gasteiger partial charge < -0.3 is 9.84 Å². The van der Waals surface area contributed by atoms with Crippen LogP contribution in [0.15, 0.2) is 30.3 Å². The van der Waals surface area contributed by atoms with Crippen LogP contribution in [0.5, 0.6) is 6.01 Å². The van der Waals surface area contributed by atoms with E-state index in [0.29, 0.717) is 5.56 Å². The van der Waals surface area contributed by atoms with Crippen LogP contribution in [0.25, 0.3) is 11.3 Å². The van der Waals surface area contributed by atoms with Crippen molar-refractivity contribution in [1.82, 2.24) is 9.97 Å². The van der Waals surface area contributed by atoms with Gasteiger partial charge in [0.05, 0.1) is 11.4 Å². The Morgan fingerprint density at radius 3 is 2.39 bits per heavy atom. The van der Waals surface area contributed by atoms with E-state index in [0.717, 1.165) is 0 Å². The molecule has 0 aliphatic carbocycles. The van der Waals surface area contributed by atoms with Crippen LogP contribution in [0.2, 0.25) is 0 Å². The van der Waals surface area contributed by atoms with E-state index in [9.17, 15) is 23.1 Å². The fourth-order valence-electron chi connectivity index (χ4n) is 1.98. The third-order valence-corrected chi connectivity index (χ3v) is 2.92. The molecule has 0 unspecified atom stereocenters. The van der Waals surface area contributed by atoms with Gasteiger partial charge in [0, 0.05) is 5.56 Å². The summed E-state index contributed by atoms with van der Waals surface area (Å²) in [6.07, 6.45) is -4.32. The molecular weight excluding hydrogens is 313 g/mol. The molecule has 0 saturated heterocycles. The van der Waals surface area contributed by atoms with Gasteiger partial charge in [-0.3, -0.25) is 0 Å². The number of carbonyl (C=O) groups is 1. The van der Waals surface area contributed by atoms with Crippen LogP contribution in [-0.4, -0.2) is 33.8 Å². The van der Waals surface area contributed by atoms with Crippen molar-refractivity contribution in [3.63, 3.8) is 0 Å². The van der Waals surface area contributed by atoms with Gasteiger partial charge in [-0.25, -0.2) is 4.79 Å². The predicted octanol–water partition coefficient (Wildman–Crippen LogP) is 3.35. The maximum atomic E-state index is 12.3. The van der Waals surface area contributed by atoms with Crippen LogP contribution < -0.4 is 4.74 Å². The van der Waals surface area contributed by atoms with Crippen molar-refractivity contribution >= 4 is 5.97 Å². The lowest BCUT2D eigenvalue weighted by Crippen LogP contribution is -2.21. The molecule has 0 bridgehead atoms. The zero-order valence-corrected chi connectivity index (χ0v) is 12.1. The number of hydrogen-bond donors (Lipinski definition) is 1. The lowest BCUT2D eigenvalue weighted by molar-refractivity contribution is -0.154. The van der Waals surface area contributed by atoms with Crippen molar-refractivity contribution in [3.8, 4) is 17.3 Å². The second kappa shape index (κ2) is 6.64. The molecule has 1 aromatic carbocycles. The minimum Gasteiger partial charge on any atom is -0.478 e. The Balaban J connectivity index is 2.54. The molecule has 1 heterocycles. The van der Waals surface area contributed by atoms with Gasteiger partial charge >= 0.3 is 18.2 Å². The first-order chi connectivity index (χ1) is 10.8. The molecule has 23 heavy (non-hydrogen) atoms. The predicted molar refractivity (Wildman–Crippen MR) is 75.4 cm³/mol. The summed E-state index contributed by atoms with van der Waals surface area (Å²) in [5, 5.41) is 9.39. The lowest BCUT2D eigenvalue weighted by Gasteiger charge is -2.13. The summed E-state index contributed by atoms with van der Waals surface area (Å²) in [5.41, 5.74) is 0.461. The van der Waals surface area contributed by atoms with Gasteiger partial charge in [0.15, 0.2) is 6.61 Å². The minimum absolute atomic E-state index is 0.0297. The van der Waals surface area contributed by atoms with Gasteiger partial charge in [-0.15, -0.1) is 0 Å². The number of carboxylic acids is 1. The van der Waals surface area contributed by atoms with E-state index in [1.807, 2.05) is 0 Å². The smallest absolute Gasteiger partial charge is 0.422 e. The minimum atomic E-state index is -4.53. The molecule has 2 rings (SSSR count). The number of benzene rings is 1. The third-order valence-electron chi connectivity index (χ3n) is 2.92. The first-order valence-corrected chi connectivity index (χ1v) is 6.71. The zero-order chi connectivity index (χ0) is 17.0. The summed E-state index contributed by atoms with van der Waals surface area (Å²) in [6.45, 7) is 0.105. The normalized spacial score (nSPS) is 11.3. The lowest BCUT2D eigenvalue weighted by atomic mass is 10.0. The van der Waals surface area contributed by atoms with Crippen molar-refractivity contribution in [2.45, 2.75) is 19.5 Å². The van der Waals surface area contributed by atoms with Crippen LogP contribution in [0.4, 0.5) is 13.2 Å². The maximum absolute atomic E-state index is 12.3. The molecule has 0 aliphatic heterocycles. The second-order valence-corrected chi connectivity index (χ2v) is 4.61. The Labute approximate surface area is 129 Å². The highest BCUT2D eigenvalue weighted by Gasteiger charge is 2.30. The molecule has 1 N–H and O–H groups in total. The monoisotopic (exact) mass is 326 g/mol. The second-order valence-electron chi connectivity index (χ2n) is 4.61. The molecule has 0 amide bonds. The quantitative estimate of drug-likeness (QED) is 0.912. The fraction of sp³-hybridized carbons (Fsp3) is 0.267. The van der Waals surface area contributed by atoms with Gasteiger partial charge in [0.1, 0.15) is 5.56 Å². The molecule has 0 saturated carbocycles. The van der Waals surface area contributed by atoms with Crippen molar-refractivity contribution < 1.29 is 27.8 Å². The summed E-state index contributed by atoms with van der Waals surface area (Å²) in [7, 11) is 0. The topological polar surface area (TPSA) is 72.3 Å². The molecule has 0 radical (unpaired) electrons. The SMILES string of the molecule is CCc1nc(OCC(F)(F)F)nc(-c2ccccc2)c1C(=O)O. The largest absolute Gasteiger partial charge is 0.478 e. The highest BCUT2D eigenvalue weighted by Crippen LogP contribution is 2.27. The Morgan fingerprint density at radius 2 is 1.87 bits per heavy atom. The molecule has 1 aromatic heterocycles. The number of halogens is 3. The molecule has 122 valence electrons. The average molecular weight is 326 g/mol. The number of ether oxygens (including phenoxy) is 1. The molecule has 0 spiro atoms. The number of alkyl halides is 3. The average Bonchev–Trinajstić information content (AvgIpc) is 2.51. The van der Waals surface area contributed by atoms with Gasteiger partial charge in [0.2, 0.25) is 0 Å². The molecule has 2 aromatic rings. The van der Waals surface area contributed by atoms with Gasteiger partial charge in [-0.1, -0.05) is 37.3 Å². The number of aromatic nitrogens is 2. The van der Waals surface area contributed by atoms with Crippen LogP contribution in [0.3, 0.4) is 0 Å². The first kappa shape index (κ1) is 16.7. The van der Waals surface area contributed by atoms with Gasteiger partial charge in [-0.2, -0.15) is 23.1 Å². The highest BCUT2D eigenvalue weighted by atomic mass is 19.4. The number of aryl methyl sites for hydroxylation is 1. The van der Waals surface area contributed by atoms with E-state index in [1.54, 1.807) is 37.3 Å². The molecular formula is C15H13F3N2O3. The van der Waals surface area contributed by atoms with Gasteiger partial charge in [-0.05, 0) is 6.42 Å². The third kappa shape index (κ3) is 4.18. The van der Waals surface area contributed by atoms with E-state index >= 15 is 0 Å². The maximum Gasteiger partial charge on any atom is 0.422 e. The van der Waals surface area contributed by atoms with Crippen molar-refractivity contribution in [3.05, 3.63) is 41.6 Å². The van der Waals surface area contributed by atoms with Crippen molar-refractivity contribution in [2.75, 3.05) is 6.61 Å². The highest BCUT2D eigenvalue weighted by molar-refractivity contribution is 5.96. The van der Waals surface area contributed by atoms with E-state index < -0.39 is 24.8 Å². The molecule has 0 fully saturated rings. The van der Waals surface area contributed by atoms with E-state index in [2.05, 4.69) is 14.7 Å². The number of rotatable bonds is 5. The number of aromatic carboxylic acids is 1. The summed E-state index contributed by atoms with van der Waals surface area (Å²) in [4.78, 5) is 19.2. The fourth-order valence-corrected chi connectivity index (χ4v) is 1.98.